The first kappa shape index (κ1) is 15.2. The summed E-state index contributed by atoms with van der Waals surface area (Å²) in [6, 6.07) is 5.65. The highest BCUT2D eigenvalue weighted by atomic mass is 19.3. The molecule has 0 saturated heterocycles. The summed E-state index contributed by atoms with van der Waals surface area (Å²) in [5.41, 5.74) is 0.404. The average molecular weight is 311 g/mol. The van der Waals surface area contributed by atoms with Gasteiger partial charge in [0, 0.05) is 24.1 Å². The smallest absolute Gasteiger partial charge is 0.387 e. The van der Waals surface area contributed by atoms with Crippen molar-refractivity contribution in [3.63, 3.8) is 0 Å². The lowest BCUT2D eigenvalue weighted by atomic mass is 9.85. The van der Waals surface area contributed by atoms with Crippen molar-refractivity contribution < 1.29 is 23.4 Å². The molecule has 4 atom stereocenters. The van der Waals surface area contributed by atoms with Gasteiger partial charge in [0.1, 0.15) is 5.75 Å². The maximum absolute atomic E-state index is 12.3. The van der Waals surface area contributed by atoms with Gasteiger partial charge in [0.05, 0.1) is 0 Å². The van der Waals surface area contributed by atoms with Crippen LogP contribution in [-0.4, -0.2) is 30.3 Å². The number of carbonyl (C=O) groups excluding carboxylic acids is 1. The molecule has 3 rings (SSSR count). The Morgan fingerprint density at radius 2 is 1.95 bits per heavy atom. The van der Waals surface area contributed by atoms with Gasteiger partial charge in [0.15, 0.2) is 0 Å². The molecule has 22 heavy (non-hydrogen) atoms. The molecule has 0 aliphatic heterocycles. The fourth-order valence-electron chi connectivity index (χ4n) is 3.92. The number of rotatable bonds is 5. The molecular formula is C16H19F2NO3. The number of aliphatic hydroxyl groups is 1. The van der Waals surface area contributed by atoms with E-state index >= 15 is 0 Å². The normalized spacial score (nSPS) is 29.8. The number of hydrogen-bond donors (Lipinski definition) is 2. The molecule has 2 N–H and O–H groups in total. The standard InChI is InChI=1S/C16H19F2NO3/c17-16(18)22-12-5-3-9(4-6-12)15(21)19-14-11-2-1-10(7-11)13(14)8-20/h3-6,10-11,13-14,16,20H,1-2,7-8H2,(H,19,21). The Balaban J connectivity index is 1.64. The van der Waals surface area contributed by atoms with E-state index < -0.39 is 6.61 Å². The van der Waals surface area contributed by atoms with E-state index in [1.807, 2.05) is 0 Å². The van der Waals surface area contributed by atoms with Crippen molar-refractivity contribution in [1.82, 2.24) is 5.32 Å². The average Bonchev–Trinajstić information content (AvgIpc) is 3.08. The minimum absolute atomic E-state index is 0.00763. The van der Waals surface area contributed by atoms with Crippen LogP contribution in [-0.2, 0) is 0 Å². The molecule has 2 aliphatic rings. The van der Waals surface area contributed by atoms with E-state index in [9.17, 15) is 18.7 Å². The predicted octanol–water partition coefficient (Wildman–Crippen LogP) is 2.42. The van der Waals surface area contributed by atoms with E-state index in [0.717, 1.165) is 19.3 Å². The summed E-state index contributed by atoms with van der Waals surface area (Å²) in [7, 11) is 0. The van der Waals surface area contributed by atoms with Gasteiger partial charge in [-0.05, 0) is 55.4 Å². The van der Waals surface area contributed by atoms with E-state index in [4.69, 9.17) is 0 Å². The van der Waals surface area contributed by atoms with Gasteiger partial charge in [-0.1, -0.05) is 0 Å². The van der Waals surface area contributed by atoms with Crippen molar-refractivity contribution in [2.75, 3.05) is 6.61 Å². The van der Waals surface area contributed by atoms with Crippen molar-refractivity contribution in [3.8, 4) is 5.75 Å². The number of nitrogens with one attached hydrogen (secondary N) is 1. The SMILES string of the molecule is O=C(NC1C2CCC(C2)C1CO)c1ccc(OC(F)F)cc1. The molecule has 0 heterocycles. The molecule has 2 fully saturated rings. The number of aliphatic hydroxyl groups excluding tert-OH is 1. The Morgan fingerprint density at radius 1 is 1.27 bits per heavy atom. The highest BCUT2D eigenvalue weighted by Crippen LogP contribution is 2.48. The Labute approximate surface area is 127 Å². The molecule has 120 valence electrons. The Kier molecular flexibility index (Phi) is 4.29. The number of alkyl halides is 2. The number of fused-ring (bicyclic) bond motifs is 2. The lowest BCUT2D eigenvalue weighted by Gasteiger charge is -2.30. The number of benzene rings is 1. The van der Waals surface area contributed by atoms with Crippen LogP contribution in [0.4, 0.5) is 8.78 Å². The summed E-state index contributed by atoms with van der Waals surface area (Å²) in [5, 5.41) is 12.5. The number of ether oxygens (including phenoxy) is 1. The quantitative estimate of drug-likeness (QED) is 0.878. The zero-order valence-electron chi connectivity index (χ0n) is 12.0. The zero-order chi connectivity index (χ0) is 15.7. The van der Waals surface area contributed by atoms with Crippen LogP contribution in [0.25, 0.3) is 0 Å². The third kappa shape index (κ3) is 2.92. The minimum Gasteiger partial charge on any atom is -0.435 e. The molecule has 1 aromatic carbocycles. The first-order chi connectivity index (χ1) is 10.6. The van der Waals surface area contributed by atoms with Crippen LogP contribution in [0.3, 0.4) is 0 Å². The monoisotopic (exact) mass is 311 g/mol. The number of halogens is 2. The second-order valence-corrected chi connectivity index (χ2v) is 6.08. The fraction of sp³-hybridized carbons (Fsp3) is 0.562. The second kappa shape index (κ2) is 6.20. The van der Waals surface area contributed by atoms with Crippen LogP contribution in [0, 0.1) is 17.8 Å². The third-order valence-electron chi connectivity index (χ3n) is 4.94. The Hall–Kier alpha value is -1.69. The first-order valence-electron chi connectivity index (χ1n) is 7.55. The lowest BCUT2D eigenvalue weighted by Crippen LogP contribution is -2.45. The molecule has 4 nitrogen and oxygen atoms in total. The van der Waals surface area contributed by atoms with Crippen LogP contribution in [0.2, 0.25) is 0 Å². The molecule has 4 unspecified atom stereocenters. The number of amides is 1. The van der Waals surface area contributed by atoms with Crippen LogP contribution < -0.4 is 10.1 Å². The summed E-state index contributed by atoms with van der Waals surface area (Å²) < 4.78 is 28.4. The topological polar surface area (TPSA) is 58.6 Å². The molecule has 2 saturated carbocycles. The van der Waals surface area contributed by atoms with E-state index in [2.05, 4.69) is 10.1 Å². The minimum atomic E-state index is -2.88. The van der Waals surface area contributed by atoms with Crippen LogP contribution in [0.5, 0.6) is 5.75 Å². The molecule has 1 aromatic rings. The maximum Gasteiger partial charge on any atom is 0.387 e. The van der Waals surface area contributed by atoms with Crippen molar-refractivity contribution in [2.24, 2.45) is 17.8 Å². The van der Waals surface area contributed by atoms with E-state index in [-0.39, 0.29) is 30.2 Å². The van der Waals surface area contributed by atoms with Crippen LogP contribution >= 0.6 is 0 Å². The van der Waals surface area contributed by atoms with Crippen LogP contribution in [0.15, 0.2) is 24.3 Å². The molecule has 0 spiro atoms. The number of carbonyl (C=O) groups is 1. The van der Waals surface area contributed by atoms with E-state index in [1.54, 1.807) is 0 Å². The van der Waals surface area contributed by atoms with Gasteiger partial charge in [0.2, 0.25) is 0 Å². The lowest BCUT2D eigenvalue weighted by molar-refractivity contribution is -0.0498. The third-order valence-corrected chi connectivity index (χ3v) is 4.94. The molecule has 0 aromatic heterocycles. The first-order valence-corrected chi connectivity index (χ1v) is 7.55. The summed E-state index contributed by atoms with van der Waals surface area (Å²) in [6.07, 6.45) is 3.28. The maximum atomic E-state index is 12.3. The zero-order valence-corrected chi connectivity index (χ0v) is 12.0. The fourth-order valence-corrected chi connectivity index (χ4v) is 3.92. The summed E-state index contributed by atoms with van der Waals surface area (Å²) in [5.74, 6) is 0.859. The molecule has 2 bridgehead atoms. The van der Waals surface area contributed by atoms with Gasteiger partial charge in [-0.3, -0.25) is 4.79 Å². The van der Waals surface area contributed by atoms with Gasteiger partial charge in [-0.15, -0.1) is 0 Å². The van der Waals surface area contributed by atoms with Crippen LogP contribution in [0.1, 0.15) is 29.6 Å². The van der Waals surface area contributed by atoms with Crippen molar-refractivity contribution in [1.29, 1.82) is 0 Å². The van der Waals surface area contributed by atoms with Gasteiger partial charge < -0.3 is 15.2 Å². The molecule has 6 heteroatoms. The molecule has 2 aliphatic carbocycles. The van der Waals surface area contributed by atoms with E-state index in [1.165, 1.54) is 24.3 Å². The molecular weight excluding hydrogens is 292 g/mol. The Morgan fingerprint density at radius 3 is 2.59 bits per heavy atom. The highest BCUT2D eigenvalue weighted by molar-refractivity contribution is 5.94. The Bertz CT molecular complexity index is 535. The largest absolute Gasteiger partial charge is 0.435 e. The van der Waals surface area contributed by atoms with Crippen molar-refractivity contribution >= 4 is 5.91 Å². The van der Waals surface area contributed by atoms with E-state index in [0.29, 0.717) is 17.4 Å². The number of hydrogen-bond acceptors (Lipinski definition) is 3. The van der Waals surface area contributed by atoms with Crippen molar-refractivity contribution in [2.45, 2.75) is 31.9 Å². The second-order valence-electron chi connectivity index (χ2n) is 6.08. The highest BCUT2D eigenvalue weighted by Gasteiger charge is 2.47. The van der Waals surface area contributed by atoms with Gasteiger partial charge in [-0.25, -0.2) is 0 Å². The molecule has 1 amide bonds. The van der Waals surface area contributed by atoms with Gasteiger partial charge >= 0.3 is 6.61 Å². The predicted molar refractivity (Wildman–Crippen MR) is 75.7 cm³/mol. The molecule has 0 radical (unpaired) electrons. The van der Waals surface area contributed by atoms with Gasteiger partial charge in [-0.2, -0.15) is 8.78 Å². The summed E-state index contributed by atoms with van der Waals surface area (Å²) in [4.78, 5) is 12.3. The van der Waals surface area contributed by atoms with Gasteiger partial charge in [0.25, 0.3) is 5.91 Å². The summed E-state index contributed by atoms with van der Waals surface area (Å²) in [6.45, 7) is -2.79. The summed E-state index contributed by atoms with van der Waals surface area (Å²) >= 11 is 0. The van der Waals surface area contributed by atoms with Crippen molar-refractivity contribution in [3.05, 3.63) is 29.8 Å².